The van der Waals surface area contributed by atoms with Crippen LogP contribution < -0.4 is 15.4 Å². The fourth-order valence-corrected chi connectivity index (χ4v) is 3.16. The Labute approximate surface area is 189 Å². The Morgan fingerprint density at radius 3 is 2.68 bits per heavy atom. The molecule has 0 radical (unpaired) electrons. The van der Waals surface area contributed by atoms with Gasteiger partial charge in [0.05, 0.1) is 19.7 Å². The molecule has 28 heavy (non-hydrogen) atoms. The first kappa shape index (κ1) is 24.6. The van der Waals surface area contributed by atoms with Gasteiger partial charge in [-0.15, -0.1) is 35.3 Å². The number of thiazole rings is 1. The average molecular weight is 518 g/mol. The summed E-state index contributed by atoms with van der Waals surface area (Å²) < 4.78 is 11.3. The van der Waals surface area contributed by atoms with Crippen LogP contribution in [0.1, 0.15) is 34.9 Å². The molecule has 2 N–H and O–H groups in total. The van der Waals surface area contributed by atoms with Crippen LogP contribution in [0.2, 0.25) is 0 Å². The summed E-state index contributed by atoms with van der Waals surface area (Å²) in [6.45, 7) is 12.0. The van der Waals surface area contributed by atoms with Crippen molar-refractivity contribution < 1.29 is 9.47 Å². The third kappa shape index (κ3) is 8.74. The van der Waals surface area contributed by atoms with Crippen LogP contribution in [-0.4, -0.2) is 37.3 Å². The van der Waals surface area contributed by atoms with Gasteiger partial charge < -0.3 is 20.1 Å². The molecular weight excluding hydrogens is 487 g/mol. The molecule has 0 aliphatic rings. The maximum atomic E-state index is 5.90. The van der Waals surface area contributed by atoms with Crippen molar-refractivity contribution in [3.8, 4) is 5.75 Å². The van der Waals surface area contributed by atoms with Gasteiger partial charge in [-0.05, 0) is 39.3 Å². The van der Waals surface area contributed by atoms with Gasteiger partial charge in [-0.2, -0.15) is 0 Å². The second-order valence-corrected chi connectivity index (χ2v) is 7.39. The van der Waals surface area contributed by atoms with Gasteiger partial charge in [0.25, 0.3) is 0 Å². The van der Waals surface area contributed by atoms with Gasteiger partial charge in [0.15, 0.2) is 5.96 Å². The molecule has 1 aromatic heterocycles. The highest BCUT2D eigenvalue weighted by molar-refractivity contribution is 14.0. The first-order valence-electron chi connectivity index (χ1n) is 9.36. The van der Waals surface area contributed by atoms with Crippen molar-refractivity contribution in [2.24, 2.45) is 4.99 Å². The number of halogens is 1. The first-order valence-corrected chi connectivity index (χ1v) is 10.2. The van der Waals surface area contributed by atoms with Gasteiger partial charge in [-0.25, -0.2) is 9.98 Å². The fraction of sp³-hybridized carbons (Fsp3) is 0.500. The number of aryl methyl sites for hydroxylation is 2. The number of rotatable bonds is 10. The van der Waals surface area contributed by atoms with Crippen LogP contribution in [0.4, 0.5) is 0 Å². The van der Waals surface area contributed by atoms with Crippen LogP contribution in [0.5, 0.6) is 5.75 Å². The van der Waals surface area contributed by atoms with Crippen LogP contribution in [0.25, 0.3) is 0 Å². The molecule has 8 heteroatoms. The molecule has 1 heterocycles. The molecule has 6 nitrogen and oxygen atoms in total. The Hall–Kier alpha value is -1.39. The van der Waals surface area contributed by atoms with Gasteiger partial charge in [-0.1, -0.05) is 12.1 Å². The molecule has 0 atom stereocenters. The van der Waals surface area contributed by atoms with E-state index in [0.717, 1.165) is 28.8 Å². The summed E-state index contributed by atoms with van der Waals surface area (Å²) in [5.41, 5.74) is 2.22. The molecule has 0 aliphatic heterocycles. The molecule has 0 saturated heterocycles. The largest absolute Gasteiger partial charge is 0.491 e. The number of benzene rings is 1. The van der Waals surface area contributed by atoms with Crippen LogP contribution in [0.15, 0.2) is 29.4 Å². The topological polar surface area (TPSA) is 67.8 Å². The van der Waals surface area contributed by atoms with E-state index >= 15 is 0 Å². The van der Waals surface area contributed by atoms with E-state index in [2.05, 4.69) is 54.6 Å². The quantitative estimate of drug-likeness (QED) is 0.215. The molecule has 0 saturated carbocycles. The molecule has 0 fully saturated rings. The minimum absolute atomic E-state index is 0. The fourth-order valence-electron chi connectivity index (χ4n) is 2.43. The van der Waals surface area contributed by atoms with E-state index in [1.54, 1.807) is 11.3 Å². The maximum absolute atomic E-state index is 5.90. The Balaban J connectivity index is 0.00000392. The summed E-state index contributed by atoms with van der Waals surface area (Å²) in [5.74, 6) is 1.64. The first-order chi connectivity index (χ1) is 13.1. The van der Waals surface area contributed by atoms with E-state index in [4.69, 9.17) is 14.5 Å². The number of ether oxygens (including phenoxy) is 2. The van der Waals surface area contributed by atoms with E-state index in [1.807, 2.05) is 13.1 Å². The number of nitrogens with one attached hydrogen (secondary N) is 2. The number of nitrogens with zero attached hydrogens (tertiary/aromatic N) is 2. The summed E-state index contributed by atoms with van der Waals surface area (Å²) in [4.78, 5) is 10.3. The lowest BCUT2D eigenvalue weighted by Crippen LogP contribution is -2.36. The van der Waals surface area contributed by atoms with Crippen molar-refractivity contribution >= 4 is 41.3 Å². The molecular formula is C20H31IN4O2S. The molecule has 0 amide bonds. The van der Waals surface area contributed by atoms with Crippen molar-refractivity contribution in [2.45, 2.75) is 40.8 Å². The molecule has 1 aromatic carbocycles. The van der Waals surface area contributed by atoms with Crippen molar-refractivity contribution in [1.82, 2.24) is 15.6 Å². The van der Waals surface area contributed by atoms with Crippen molar-refractivity contribution in [1.29, 1.82) is 0 Å². The zero-order valence-corrected chi connectivity index (χ0v) is 20.2. The summed E-state index contributed by atoms with van der Waals surface area (Å²) in [6.07, 6.45) is 1.89. The van der Waals surface area contributed by atoms with E-state index in [9.17, 15) is 0 Å². The lowest BCUT2D eigenvalue weighted by molar-refractivity contribution is 0.110. The maximum Gasteiger partial charge on any atom is 0.191 e. The van der Waals surface area contributed by atoms with Crippen molar-refractivity contribution in [2.75, 3.05) is 26.4 Å². The summed E-state index contributed by atoms with van der Waals surface area (Å²) >= 11 is 1.69. The summed E-state index contributed by atoms with van der Waals surface area (Å²) in [7, 11) is 0. The number of hydrogen-bond donors (Lipinski definition) is 2. The van der Waals surface area contributed by atoms with Gasteiger partial charge in [0.2, 0.25) is 0 Å². The van der Waals surface area contributed by atoms with Gasteiger partial charge in [0, 0.05) is 29.8 Å². The standard InChI is InChI=1S/C20H30N4O2S.HI/c1-5-21-20(24-14-19-22-12-16(4)27-19)23-13-17-8-7-15(3)11-18(17)26-10-9-25-6-2;/h7-8,11-12H,5-6,9-10,13-14H2,1-4H3,(H2,21,23,24);1H. The monoisotopic (exact) mass is 518 g/mol. The highest BCUT2D eigenvalue weighted by Crippen LogP contribution is 2.21. The number of hydrogen-bond acceptors (Lipinski definition) is 5. The van der Waals surface area contributed by atoms with Crippen LogP contribution in [-0.2, 0) is 17.8 Å². The second kappa shape index (κ2) is 13.7. The third-order valence-corrected chi connectivity index (χ3v) is 4.65. The van der Waals surface area contributed by atoms with E-state index in [-0.39, 0.29) is 24.0 Å². The average Bonchev–Trinajstić information content (AvgIpc) is 3.07. The molecule has 156 valence electrons. The van der Waals surface area contributed by atoms with Crippen LogP contribution in [0, 0.1) is 13.8 Å². The molecule has 2 rings (SSSR count). The lowest BCUT2D eigenvalue weighted by Gasteiger charge is -2.13. The highest BCUT2D eigenvalue weighted by atomic mass is 127. The molecule has 0 aliphatic carbocycles. The minimum atomic E-state index is 0. The highest BCUT2D eigenvalue weighted by Gasteiger charge is 2.06. The molecule has 0 unspecified atom stereocenters. The SMILES string of the molecule is CCNC(=NCc1ccc(C)cc1OCCOCC)NCc1ncc(C)s1.I. The van der Waals surface area contributed by atoms with Crippen molar-refractivity contribution in [3.63, 3.8) is 0 Å². The number of guanidine groups is 1. The van der Waals surface area contributed by atoms with E-state index in [1.165, 1.54) is 10.4 Å². The predicted octanol–water partition coefficient (Wildman–Crippen LogP) is 4.05. The zero-order valence-electron chi connectivity index (χ0n) is 17.1. The third-order valence-electron chi connectivity index (χ3n) is 3.74. The van der Waals surface area contributed by atoms with Gasteiger partial charge >= 0.3 is 0 Å². The van der Waals surface area contributed by atoms with Gasteiger partial charge in [-0.3, -0.25) is 0 Å². The minimum Gasteiger partial charge on any atom is -0.491 e. The molecule has 2 aromatic rings. The summed E-state index contributed by atoms with van der Waals surface area (Å²) in [6, 6.07) is 6.21. The zero-order chi connectivity index (χ0) is 19.5. The van der Waals surface area contributed by atoms with Crippen molar-refractivity contribution in [3.05, 3.63) is 45.4 Å². The van der Waals surface area contributed by atoms with E-state index < -0.39 is 0 Å². The Morgan fingerprint density at radius 2 is 2.00 bits per heavy atom. The van der Waals surface area contributed by atoms with Crippen LogP contribution >= 0.6 is 35.3 Å². The number of aromatic nitrogens is 1. The lowest BCUT2D eigenvalue weighted by atomic mass is 10.1. The second-order valence-electron chi connectivity index (χ2n) is 6.07. The summed E-state index contributed by atoms with van der Waals surface area (Å²) in [5, 5.41) is 7.66. The van der Waals surface area contributed by atoms with E-state index in [0.29, 0.717) is 32.9 Å². The van der Waals surface area contributed by atoms with Gasteiger partial charge in [0.1, 0.15) is 17.4 Å². The molecule has 0 spiro atoms. The Morgan fingerprint density at radius 1 is 1.18 bits per heavy atom. The normalized spacial score (nSPS) is 11.1. The Bertz CT molecular complexity index is 737. The van der Waals surface area contributed by atoms with Crippen LogP contribution in [0.3, 0.4) is 0 Å². The smallest absolute Gasteiger partial charge is 0.191 e. The Kier molecular flexibility index (Phi) is 12.1. The molecule has 0 bridgehead atoms. The predicted molar refractivity (Wildman–Crippen MR) is 127 cm³/mol. The number of aliphatic imine (C=N–C) groups is 1.